The van der Waals surface area contributed by atoms with E-state index in [2.05, 4.69) is 25.2 Å². The fraction of sp³-hybridized carbons (Fsp3) is 0.692. The summed E-state index contributed by atoms with van der Waals surface area (Å²) in [7, 11) is 0. The number of hydrogen-bond acceptors (Lipinski definition) is 2. The van der Waals surface area contributed by atoms with E-state index in [1.807, 2.05) is 6.07 Å². The molecule has 0 saturated carbocycles. The van der Waals surface area contributed by atoms with E-state index in [-0.39, 0.29) is 0 Å². The maximum absolute atomic E-state index is 5.39. The fourth-order valence-corrected chi connectivity index (χ4v) is 1.88. The van der Waals surface area contributed by atoms with Crippen molar-refractivity contribution in [3.63, 3.8) is 0 Å². The summed E-state index contributed by atoms with van der Waals surface area (Å²) in [6.07, 6.45) is 6.56. The Kier molecular flexibility index (Phi) is 6.17. The van der Waals surface area contributed by atoms with Gasteiger partial charge in [0.2, 0.25) is 0 Å². The summed E-state index contributed by atoms with van der Waals surface area (Å²) in [6.45, 7) is 6.68. The van der Waals surface area contributed by atoms with E-state index in [9.17, 15) is 0 Å². The Balaban J connectivity index is 2.29. The topological polar surface area (TPSA) is 25.2 Å². The van der Waals surface area contributed by atoms with Gasteiger partial charge in [-0.2, -0.15) is 0 Å². The molecule has 1 N–H and O–H groups in total. The van der Waals surface area contributed by atoms with Gasteiger partial charge in [-0.1, -0.05) is 20.3 Å². The normalized spacial score (nSPS) is 12.9. The second kappa shape index (κ2) is 7.52. The van der Waals surface area contributed by atoms with Crippen LogP contribution in [-0.4, -0.2) is 13.1 Å². The van der Waals surface area contributed by atoms with Crippen LogP contribution in [-0.2, 0) is 6.42 Å². The molecule has 0 aliphatic carbocycles. The molecule has 1 rings (SSSR count). The van der Waals surface area contributed by atoms with Crippen molar-refractivity contribution in [2.45, 2.75) is 39.5 Å². The molecular formula is C13H23NO. The summed E-state index contributed by atoms with van der Waals surface area (Å²) in [5, 5.41) is 3.49. The molecule has 2 heteroatoms. The Morgan fingerprint density at radius 2 is 2.20 bits per heavy atom. The first-order valence-electron chi connectivity index (χ1n) is 6.09. The van der Waals surface area contributed by atoms with E-state index in [4.69, 9.17) is 4.42 Å². The monoisotopic (exact) mass is 209 g/mol. The molecule has 0 bridgehead atoms. The molecule has 2 nitrogen and oxygen atoms in total. The van der Waals surface area contributed by atoms with Gasteiger partial charge in [0, 0.05) is 6.42 Å². The summed E-state index contributed by atoms with van der Waals surface area (Å²) >= 11 is 0. The maximum atomic E-state index is 5.39. The highest BCUT2D eigenvalue weighted by Gasteiger charge is 2.09. The van der Waals surface area contributed by atoms with Crippen LogP contribution in [0.3, 0.4) is 0 Å². The van der Waals surface area contributed by atoms with Crippen molar-refractivity contribution in [3.05, 3.63) is 24.2 Å². The Labute approximate surface area is 93.1 Å². The van der Waals surface area contributed by atoms with Gasteiger partial charge in [0.1, 0.15) is 5.76 Å². The smallest absolute Gasteiger partial charge is 0.104 e. The summed E-state index contributed by atoms with van der Waals surface area (Å²) in [5.74, 6) is 1.83. The highest BCUT2D eigenvalue weighted by atomic mass is 16.3. The molecule has 1 aromatic rings. The van der Waals surface area contributed by atoms with E-state index in [0.29, 0.717) is 5.92 Å². The second-order valence-electron chi connectivity index (χ2n) is 4.14. The minimum atomic E-state index is 0.715. The van der Waals surface area contributed by atoms with Crippen LogP contribution in [0.25, 0.3) is 0 Å². The third-order valence-electron chi connectivity index (χ3n) is 2.63. The predicted octanol–water partition coefficient (Wildman–Crippen LogP) is 3.24. The lowest BCUT2D eigenvalue weighted by Gasteiger charge is -2.15. The lowest BCUT2D eigenvalue weighted by atomic mass is 9.98. The van der Waals surface area contributed by atoms with Crippen molar-refractivity contribution in [2.24, 2.45) is 5.92 Å². The zero-order chi connectivity index (χ0) is 10.9. The summed E-state index contributed by atoms with van der Waals surface area (Å²) in [5.41, 5.74) is 0. The Morgan fingerprint density at radius 1 is 1.33 bits per heavy atom. The van der Waals surface area contributed by atoms with Crippen LogP contribution < -0.4 is 5.32 Å². The zero-order valence-corrected chi connectivity index (χ0v) is 9.96. The molecule has 1 aromatic heterocycles. The third-order valence-corrected chi connectivity index (χ3v) is 2.63. The number of furan rings is 1. The summed E-state index contributed by atoms with van der Waals surface area (Å²) < 4.78 is 5.39. The maximum Gasteiger partial charge on any atom is 0.104 e. The molecule has 1 unspecified atom stereocenters. The van der Waals surface area contributed by atoms with Crippen LogP contribution in [0.2, 0.25) is 0 Å². The average Bonchev–Trinajstić information content (AvgIpc) is 2.71. The van der Waals surface area contributed by atoms with Crippen molar-refractivity contribution < 1.29 is 4.42 Å². The van der Waals surface area contributed by atoms with Crippen LogP contribution in [0.4, 0.5) is 0 Å². The van der Waals surface area contributed by atoms with E-state index in [0.717, 1.165) is 25.3 Å². The van der Waals surface area contributed by atoms with Crippen LogP contribution >= 0.6 is 0 Å². The van der Waals surface area contributed by atoms with Crippen molar-refractivity contribution in [1.29, 1.82) is 0 Å². The van der Waals surface area contributed by atoms with Gasteiger partial charge < -0.3 is 9.73 Å². The van der Waals surface area contributed by atoms with Crippen LogP contribution in [0.5, 0.6) is 0 Å². The van der Waals surface area contributed by atoms with Crippen LogP contribution in [0.1, 0.15) is 38.9 Å². The molecule has 0 fully saturated rings. The van der Waals surface area contributed by atoms with Gasteiger partial charge in [0.05, 0.1) is 6.26 Å². The molecule has 0 saturated heterocycles. The number of rotatable bonds is 8. The van der Waals surface area contributed by atoms with E-state index >= 15 is 0 Å². The molecular weight excluding hydrogens is 186 g/mol. The molecule has 86 valence electrons. The molecule has 0 spiro atoms. The average molecular weight is 209 g/mol. The fourth-order valence-electron chi connectivity index (χ4n) is 1.88. The molecule has 15 heavy (non-hydrogen) atoms. The largest absolute Gasteiger partial charge is 0.469 e. The second-order valence-corrected chi connectivity index (χ2v) is 4.14. The quantitative estimate of drug-likeness (QED) is 0.665. The van der Waals surface area contributed by atoms with Crippen molar-refractivity contribution in [1.82, 2.24) is 5.32 Å². The summed E-state index contributed by atoms with van der Waals surface area (Å²) in [6, 6.07) is 4.04. The first kappa shape index (κ1) is 12.3. The zero-order valence-electron chi connectivity index (χ0n) is 9.96. The molecule has 0 aliphatic heterocycles. The third kappa shape index (κ3) is 5.03. The van der Waals surface area contributed by atoms with Crippen LogP contribution in [0.15, 0.2) is 22.8 Å². The van der Waals surface area contributed by atoms with E-state index in [1.165, 1.54) is 19.3 Å². The minimum Gasteiger partial charge on any atom is -0.469 e. The molecule has 1 atom stereocenters. The van der Waals surface area contributed by atoms with Gasteiger partial charge in [-0.15, -0.1) is 0 Å². The van der Waals surface area contributed by atoms with Gasteiger partial charge in [-0.3, -0.25) is 0 Å². The Hall–Kier alpha value is -0.760. The summed E-state index contributed by atoms with van der Waals surface area (Å²) in [4.78, 5) is 0. The van der Waals surface area contributed by atoms with Gasteiger partial charge in [-0.25, -0.2) is 0 Å². The first-order chi connectivity index (χ1) is 7.36. The highest BCUT2D eigenvalue weighted by molar-refractivity contribution is 4.99. The Morgan fingerprint density at radius 3 is 2.80 bits per heavy atom. The first-order valence-corrected chi connectivity index (χ1v) is 6.09. The van der Waals surface area contributed by atoms with Crippen molar-refractivity contribution >= 4 is 0 Å². The van der Waals surface area contributed by atoms with Gasteiger partial charge >= 0.3 is 0 Å². The van der Waals surface area contributed by atoms with Gasteiger partial charge in [0.15, 0.2) is 0 Å². The Bertz CT molecular complexity index is 231. The molecule has 0 amide bonds. The van der Waals surface area contributed by atoms with E-state index in [1.54, 1.807) is 6.26 Å². The van der Waals surface area contributed by atoms with Gasteiger partial charge in [-0.05, 0) is 44.0 Å². The lowest BCUT2D eigenvalue weighted by molar-refractivity contribution is 0.395. The lowest BCUT2D eigenvalue weighted by Crippen LogP contribution is -2.24. The highest BCUT2D eigenvalue weighted by Crippen LogP contribution is 2.13. The van der Waals surface area contributed by atoms with Crippen molar-refractivity contribution in [3.8, 4) is 0 Å². The SMILES string of the molecule is CCCNCC(CCC)Cc1ccco1. The van der Waals surface area contributed by atoms with Gasteiger partial charge in [0.25, 0.3) is 0 Å². The number of hydrogen-bond donors (Lipinski definition) is 1. The number of nitrogens with one attached hydrogen (secondary N) is 1. The molecule has 1 heterocycles. The van der Waals surface area contributed by atoms with E-state index < -0.39 is 0 Å². The predicted molar refractivity (Wildman–Crippen MR) is 64.0 cm³/mol. The molecule has 0 radical (unpaired) electrons. The van der Waals surface area contributed by atoms with Crippen LogP contribution in [0, 0.1) is 5.92 Å². The standard InChI is InChI=1S/C13H23NO/c1-3-6-12(11-14-8-4-2)10-13-7-5-9-15-13/h5,7,9,12,14H,3-4,6,8,10-11H2,1-2H3. The van der Waals surface area contributed by atoms with Crippen molar-refractivity contribution in [2.75, 3.05) is 13.1 Å². The molecule has 0 aliphatic rings. The molecule has 0 aromatic carbocycles. The minimum absolute atomic E-state index is 0.715.